The molecule has 10 heavy (non-hydrogen) atoms. The van der Waals surface area contributed by atoms with Crippen molar-refractivity contribution in [3.8, 4) is 0 Å². The first kappa shape index (κ1) is 8.26. The minimum Gasteiger partial charge on any atom is -0.368 e. The first-order valence-electron chi connectivity index (χ1n) is 3.43. The Morgan fingerprint density at radius 3 is 2.70 bits per heavy atom. The number of piperidine rings is 1. The molecule has 1 rings (SSSR count). The molecule has 1 aliphatic heterocycles. The molecule has 3 nitrogen and oxygen atoms in total. The SMILES string of the molecule is NC(=O)C1CCCCN1I. The molecular formula is C6H11IN2O. The van der Waals surface area contributed by atoms with Crippen LogP contribution in [0.2, 0.25) is 0 Å². The van der Waals surface area contributed by atoms with E-state index in [4.69, 9.17) is 5.73 Å². The Kier molecular flexibility index (Phi) is 2.91. The first-order valence-corrected chi connectivity index (χ1v) is 4.40. The Morgan fingerprint density at radius 2 is 2.30 bits per heavy atom. The summed E-state index contributed by atoms with van der Waals surface area (Å²) in [5.74, 6) is -0.186. The summed E-state index contributed by atoms with van der Waals surface area (Å²) in [7, 11) is 0. The van der Waals surface area contributed by atoms with Crippen LogP contribution in [0.1, 0.15) is 19.3 Å². The van der Waals surface area contributed by atoms with Gasteiger partial charge in [-0.15, -0.1) is 0 Å². The normalized spacial score (nSPS) is 28.3. The number of primary amides is 1. The lowest BCUT2D eigenvalue weighted by molar-refractivity contribution is -0.121. The Hall–Kier alpha value is 0.160. The highest BCUT2D eigenvalue weighted by Gasteiger charge is 2.24. The third kappa shape index (κ3) is 1.82. The minimum atomic E-state index is -0.186. The second-order valence-electron chi connectivity index (χ2n) is 2.54. The van der Waals surface area contributed by atoms with Crippen LogP contribution in [0.4, 0.5) is 0 Å². The summed E-state index contributed by atoms with van der Waals surface area (Å²) in [5.41, 5.74) is 5.17. The van der Waals surface area contributed by atoms with Crippen LogP contribution in [0, 0.1) is 0 Å². The van der Waals surface area contributed by atoms with Gasteiger partial charge in [-0.05, 0) is 12.8 Å². The van der Waals surface area contributed by atoms with E-state index in [-0.39, 0.29) is 11.9 Å². The maximum Gasteiger partial charge on any atom is 0.235 e. The summed E-state index contributed by atoms with van der Waals surface area (Å²) in [6.07, 6.45) is 3.25. The molecule has 2 N–H and O–H groups in total. The second kappa shape index (κ2) is 3.52. The average molecular weight is 254 g/mol. The van der Waals surface area contributed by atoms with E-state index in [1.165, 1.54) is 6.42 Å². The Bertz CT molecular complexity index is 140. The molecule has 1 atom stereocenters. The standard InChI is InChI=1S/C6H11IN2O/c7-9-4-2-1-3-5(9)6(8)10/h5H,1-4H2,(H2,8,10). The van der Waals surface area contributed by atoms with Gasteiger partial charge in [0.15, 0.2) is 0 Å². The van der Waals surface area contributed by atoms with Crippen LogP contribution in [0.3, 0.4) is 0 Å². The third-order valence-electron chi connectivity index (χ3n) is 1.77. The fourth-order valence-corrected chi connectivity index (χ4v) is 2.07. The summed E-state index contributed by atoms with van der Waals surface area (Å²) in [4.78, 5) is 10.7. The van der Waals surface area contributed by atoms with Gasteiger partial charge in [0.1, 0.15) is 0 Å². The molecule has 0 radical (unpaired) electrons. The molecule has 1 unspecified atom stereocenters. The van der Waals surface area contributed by atoms with Crippen LogP contribution >= 0.6 is 22.9 Å². The summed E-state index contributed by atoms with van der Waals surface area (Å²) in [5, 5.41) is 0. The zero-order chi connectivity index (χ0) is 7.56. The van der Waals surface area contributed by atoms with Gasteiger partial charge < -0.3 is 5.73 Å². The van der Waals surface area contributed by atoms with Gasteiger partial charge in [0.25, 0.3) is 0 Å². The van der Waals surface area contributed by atoms with E-state index in [0.717, 1.165) is 19.4 Å². The van der Waals surface area contributed by atoms with Gasteiger partial charge in [0.05, 0.1) is 6.04 Å². The van der Waals surface area contributed by atoms with Crippen LogP contribution in [-0.2, 0) is 4.79 Å². The van der Waals surface area contributed by atoms with Crippen molar-refractivity contribution in [2.75, 3.05) is 6.54 Å². The molecule has 0 aliphatic carbocycles. The van der Waals surface area contributed by atoms with Gasteiger partial charge in [0.2, 0.25) is 5.91 Å². The van der Waals surface area contributed by atoms with Crippen molar-refractivity contribution < 1.29 is 4.79 Å². The fourth-order valence-electron chi connectivity index (χ4n) is 1.18. The highest BCUT2D eigenvalue weighted by molar-refractivity contribution is 14.1. The van der Waals surface area contributed by atoms with Gasteiger partial charge in [-0.1, -0.05) is 6.42 Å². The number of halogens is 1. The maximum atomic E-state index is 10.7. The molecule has 0 bridgehead atoms. The molecule has 1 aliphatic rings. The molecular weight excluding hydrogens is 243 g/mol. The van der Waals surface area contributed by atoms with Crippen LogP contribution in [0.15, 0.2) is 0 Å². The molecule has 0 saturated carbocycles. The van der Waals surface area contributed by atoms with Crippen molar-refractivity contribution in [3.63, 3.8) is 0 Å². The number of amides is 1. The largest absolute Gasteiger partial charge is 0.368 e. The molecule has 0 spiro atoms. The first-order chi connectivity index (χ1) is 4.72. The van der Waals surface area contributed by atoms with Crippen molar-refractivity contribution in [1.82, 2.24) is 3.11 Å². The van der Waals surface area contributed by atoms with E-state index in [0.29, 0.717) is 0 Å². The summed E-state index contributed by atoms with van der Waals surface area (Å²) >= 11 is 2.17. The number of nitrogens with two attached hydrogens (primary N) is 1. The number of carbonyl (C=O) groups excluding carboxylic acids is 1. The van der Waals surface area contributed by atoms with Gasteiger partial charge in [0, 0.05) is 29.4 Å². The highest BCUT2D eigenvalue weighted by Crippen LogP contribution is 2.19. The molecule has 1 saturated heterocycles. The number of hydrogen-bond acceptors (Lipinski definition) is 2. The lowest BCUT2D eigenvalue weighted by Gasteiger charge is -2.27. The van der Waals surface area contributed by atoms with E-state index in [2.05, 4.69) is 22.9 Å². The quantitative estimate of drug-likeness (QED) is 0.552. The molecule has 0 aromatic carbocycles. The lowest BCUT2D eigenvalue weighted by Crippen LogP contribution is -2.42. The van der Waals surface area contributed by atoms with Crippen molar-refractivity contribution in [3.05, 3.63) is 0 Å². The topological polar surface area (TPSA) is 46.3 Å². The highest BCUT2D eigenvalue weighted by atomic mass is 127. The van der Waals surface area contributed by atoms with E-state index >= 15 is 0 Å². The number of nitrogens with zero attached hydrogens (tertiary/aromatic N) is 1. The van der Waals surface area contributed by atoms with Crippen molar-refractivity contribution in [1.29, 1.82) is 0 Å². The number of carbonyl (C=O) groups is 1. The van der Waals surface area contributed by atoms with Gasteiger partial charge >= 0.3 is 0 Å². The van der Waals surface area contributed by atoms with Crippen LogP contribution in [-0.4, -0.2) is 21.6 Å². The van der Waals surface area contributed by atoms with E-state index < -0.39 is 0 Å². The molecule has 0 aromatic heterocycles. The predicted molar refractivity (Wildman–Crippen MR) is 47.6 cm³/mol. The van der Waals surface area contributed by atoms with E-state index in [1.807, 2.05) is 3.11 Å². The maximum absolute atomic E-state index is 10.7. The van der Waals surface area contributed by atoms with E-state index in [9.17, 15) is 4.79 Å². The molecule has 1 heterocycles. The van der Waals surface area contributed by atoms with Gasteiger partial charge in [-0.25, -0.2) is 3.11 Å². The van der Waals surface area contributed by atoms with Crippen LogP contribution in [0.25, 0.3) is 0 Å². The van der Waals surface area contributed by atoms with Crippen molar-refractivity contribution in [2.24, 2.45) is 5.73 Å². The van der Waals surface area contributed by atoms with Gasteiger partial charge in [-0.3, -0.25) is 4.79 Å². The summed E-state index contributed by atoms with van der Waals surface area (Å²) in [6.45, 7) is 0.994. The third-order valence-corrected chi connectivity index (χ3v) is 2.92. The number of hydrogen-bond donors (Lipinski definition) is 1. The molecule has 0 aromatic rings. The summed E-state index contributed by atoms with van der Waals surface area (Å²) < 4.78 is 2.00. The van der Waals surface area contributed by atoms with Crippen molar-refractivity contribution >= 4 is 28.8 Å². The lowest BCUT2D eigenvalue weighted by atomic mass is 10.1. The van der Waals surface area contributed by atoms with Crippen LogP contribution in [0.5, 0.6) is 0 Å². The zero-order valence-electron chi connectivity index (χ0n) is 5.72. The summed E-state index contributed by atoms with van der Waals surface area (Å²) in [6, 6.07) is -0.0191. The molecule has 58 valence electrons. The Morgan fingerprint density at radius 1 is 1.60 bits per heavy atom. The van der Waals surface area contributed by atoms with E-state index in [1.54, 1.807) is 0 Å². The van der Waals surface area contributed by atoms with Crippen LogP contribution < -0.4 is 5.73 Å². The fraction of sp³-hybridized carbons (Fsp3) is 0.833. The van der Waals surface area contributed by atoms with Crippen molar-refractivity contribution in [2.45, 2.75) is 25.3 Å². The Balaban J connectivity index is 2.47. The smallest absolute Gasteiger partial charge is 0.235 e. The molecule has 1 fully saturated rings. The average Bonchev–Trinajstić information content (AvgIpc) is 1.88. The minimum absolute atomic E-state index is 0.0191. The van der Waals surface area contributed by atoms with Gasteiger partial charge in [-0.2, -0.15) is 0 Å². The zero-order valence-corrected chi connectivity index (χ0v) is 7.87. The molecule has 1 amide bonds. The number of rotatable bonds is 1. The Labute approximate surface area is 74.4 Å². The predicted octanol–water partition coefficient (Wildman–Crippen LogP) is 0.676. The monoisotopic (exact) mass is 254 g/mol. The second-order valence-corrected chi connectivity index (χ2v) is 3.78. The molecule has 4 heteroatoms.